The molecule has 0 atom stereocenters. The Labute approximate surface area is 117 Å². The molecule has 104 valence electrons. The summed E-state index contributed by atoms with van der Waals surface area (Å²) in [6, 6.07) is 3.29. The van der Waals surface area contributed by atoms with E-state index in [1.807, 2.05) is 13.8 Å². The molecule has 1 heterocycles. The van der Waals surface area contributed by atoms with Crippen LogP contribution in [0.1, 0.15) is 26.7 Å². The van der Waals surface area contributed by atoms with E-state index in [2.05, 4.69) is 5.32 Å². The predicted octanol–water partition coefficient (Wildman–Crippen LogP) is 2.52. The molecule has 0 aliphatic carbocycles. The molecule has 1 aromatic rings. The van der Waals surface area contributed by atoms with E-state index < -0.39 is 0 Å². The maximum Gasteiger partial charge on any atom is 0.231 e. The van der Waals surface area contributed by atoms with Gasteiger partial charge in [-0.2, -0.15) is 0 Å². The highest BCUT2D eigenvalue weighted by atomic mass is 35.5. The molecule has 0 saturated heterocycles. The zero-order valence-electron chi connectivity index (χ0n) is 11.0. The Morgan fingerprint density at radius 3 is 2.68 bits per heavy atom. The van der Waals surface area contributed by atoms with Crippen LogP contribution in [0, 0.1) is 0 Å². The van der Waals surface area contributed by atoms with Crippen molar-refractivity contribution < 1.29 is 14.3 Å². The number of carbonyl (C=O) groups is 1. The summed E-state index contributed by atoms with van der Waals surface area (Å²) < 4.78 is 10.4. The highest BCUT2D eigenvalue weighted by Crippen LogP contribution is 2.39. The average Bonchev–Trinajstić information content (AvgIpc) is 2.73. The lowest BCUT2D eigenvalue weighted by Crippen LogP contribution is -2.33. The Bertz CT molecular complexity index is 497. The van der Waals surface area contributed by atoms with E-state index in [9.17, 15) is 4.79 Å². The van der Waals surface area contributed by atoms with Crippen LogP contribution in [-0.4, -0.2) is 18.2 Å². The van der Waals surface area contributed by atoms with Crippen LogP contribution in [0.15, 0.2) is 12.1 Å². The molecule has 0 radical (unpaired) electrons. The first-order valence-electron chi connectivity index (χ1n) is 6.03. The standard InChI is InChI=1S/C13H17ClN2O3/c1-13(2,15)4-3-12(17)16-9-6-11-10(5-8(9)14)18-7-19-11/h5-6H,3-4,7,15H2,1-2H3,(H,16,17). The third-order valence-electron chi connectivity index (χ3n) is 2.73. The minimum Gasteiger partial charge on any atom is -0.454 e. The number of nitrogens with two attached hydrogens (primary N) is 1. The quantitative estimate of drug-likeness (QED) is 0.891. The van der Waals surface area contributed by atoms with Gasteiger partial charge in [-0.05, 0) is 20.3 Å². The van der Waals surface area contributed by atoms with Gasteiger partial charge in [0.05, 0.1) is 10.7 Å². The number of hydrogen-bond acceptors (Lipinski definition) is 4. The van der Waals surface area contributed by atoms with Crippen molar-refractivity contribution in [2.75, 3.05) is 12.1 Å². The molecule has 5 nitrogen and oxygen atoms in total. The summed E-state index contributed by atoms with van der Waals surface area (Å²) in [5.41, 5.74) is 5.99. The third-order valence-corrected chi connectivity index (χ3v) is 3.05. The lowest BCUT2D eigenvalue weighted by molar-refractivity contribution is -0.116. The minimum absolute atomic E-state index is 0.126. The van der Waals surface area contributed by atoms with Gasteiger partial charge >= 0.3 is 0 Å². The van der Waals surface area contributed by atoms with Gasteiger partial charge in [0.15, 0.2) is 11.5 Å². The van der Waals surface area contributed by atoms with Gasteiger partial charge in [0, 0.05) is 24.1 Å². The van der Waals surface area contributed by atoms with Crippen LogP contribution < -0.4 is 20.5 Å². The van der Waals surface area contributed by atoms with Crippen molar-refractivity contribution in [3.8, 4) is 11.5 Å². The van der Waals surface area contributed by atoms with Gasteiger partial charge < -0.3 is 20.5 Å². The first kappa shape index (κ1) is 14.0. The lowest BCUT2D eigenvalue weighted by Gasteiger charge is -2.17. The average molecular weight is 285 g/mol. The van der Waals surface area contributed by atoms with E-state index in [4.69, 9.17) is 26.8 Å². The SMILES string of the molecule is CC(C)(N)CCC(=O)Nc1cc2c(cc1Cl)OCO2. The third kappa shape index (κ3) is 3.75. The first-order valence-corrected chi connectivity index (χ1v) is 6.41. The van der Waals surface area contributed by atoms with E-state index in [-0.39, 0.29) is 18.2 Å². The van der Waals surface area contributed by atoms with Crippen molar-refractivity contribution in [1.82, 2.24) is 0 Å². The number of rotatable bonds is 4. The molecule has 0 spiro atoms. The second kappa shape index (κ2) is 5.27. The maximum absolute atomic E-state index is 11.8. The van der Waals surface area contributed by atoms with Gasteiger partial charge in [-0.25, -0.2) is 0 Å². The van der Waals surface area contributed by atoms with Crippen molar-refractivity contribution in [2.45, 2.75) is 32.2 Å². The number of hydrogen-bond donors (Lipinski definition) is 2. The number of nitrogens with one attached hydrogen (secondary N) is 1. The lowest BCUT2D eigenvalue weighted by atomic mass is 10.00. The van der Waals surface area contributed by atoms with Gasteiger partial charge in [-0.1, -0.05) is 11.6 Å². The molecule has 1 amide bonds. The number of fused-ring (bicyclic) bond motifs is 1. The molecule has 1 aliphatic heterocycles. The maximum atomic E-state index is 11.8. The van der Waals surface area contributed by atoms with Crippen LogP contribution in [0.5, 0.6) is 11.5 Å². The predicted molar refractivity (Wildman–Crippen MR) is 73.7 cm³/mol. The van der Waals surface area contributed by atoms with Crippen molar-refractivity contribution in [1.29, 1.82) is 0 Å². The molecule has 1 aromatic carbocycles. The number of benzene rings is 1. The summed E-state index contributed by atoms with van der Waals surface area (Å²) in [5, 5.41) is 3.17. The Kier molecular flexibility index (Phi) is 3.87. The number of amides is 1. The van der Waals surface area contributed by atoms with Gasteiger partial charge in [0.1, 0.15) is 0 Å². The summed E-state index contributed by atoms with van der Waals surface area (Å²) in [6.07, 6.45) is 0.940. The molecule has 0 fully saturated rings. The summed E-state index contributed by atoms with van der Waals surface area (Å²) in [5.74, 6) is 1.05. The monoisotopic (exact) mass is 284 g/mol. The first-order chi connectivity index (χ1) is 8.85. The fourth-order valence-corrected chi connectivity index (χ4v) is 1.86. The molecule has 2 rings (SSSR count). The highest BCUT2D eigenvalue weighted by molar-refractivity contribution is 6.34. The van der Waals surface area contributed by atoms with Gasteiger partial charge in [-0.3, -0.25) is 4.79 Å². The molecular formula is C13H17ClN2O3. The van der Waals surface area contributed by atoms with Crippen molar-refractivity contribution in [2.24, 2.45) is 5.73 Å². The molecule has 3 N–H and O–H groups in total. The molecule has 19 heavy (non-hydrogen) atoms. The molecule has 0 saturated carbocycles. The summed E-state index contributed by atoms with van der Waals surface area (Å²) >= 11 is 6.07. The van der Waals surface area contributed by atoms with E-state index >= 15 is 0 Å². The Morgan fingerprint density at radius 1 is 1.42 bits per heavy atom. The molecule has 6 heteroatoms. The van der Waals surface area contributed by atoms with Crippen molar-refractivity contribution >= 4 is 23.2 Å². The van der Waals surface area contributed by atoms with Gasteiger partial charge in [-0.15, -0.1) is 0 Å². The Morgan fingerprint density at radius 2 is 2.05 bits per heavy atom. The smallest absolute Gasteiger partial charge is 0.231 e. The minimum atomic E-state index is -0.365. The zero-order chi connectivity index (χ0) is 14.0. The molecule has 1 aliphatic rings. The largest absolute Gasteiger partial charge is 0.454 e. The van der Waals surface area contributed by atoms with Gasteiger partial charge in [0.25, 0.3) is 0 Å². The van der Waals surface area contributed by atoms with Gasteiger partial charge in [0.2, 0.25) is 12.7 Å². The number of anilines is 1. The molecular weight excluding hydrogens is 268 g/mol. The molecule has 0 bridgehead atoms. The highest BCUT2D eigenvalue weighted by Gasteiger charge is 2.18. The summed E-state index contributed by atoms with van der Waals surface area (Å²) in [7, 11) is 0. The fraction of sp³-hybridized carbons (Fsp3) is 0.462. The molecule has 0 unspecified atom stereocenters. The van der Waals surface area contributed by atoms with E-state index in [0.29, 0.717) is 35.1 Å². The Hall–Kier alpha value is -1.46. The second-order valence-electron chi connectivity index (χ2n) is 5.22. The summed E-state index contributed by atoms with van der Waals surface area (Å²) in [6.45, 7) is 3.94. The van der Waals surface area contributed by atoms with Crippen LogP contribution in [0.2, 0.25) is 5.02 Å². The topological polar surface area (TPSA) is 73.6 Å². The van der Waals surface area contributed by atoms with Crippen LogP contribution >= 0.6 is 11.6 Å². The van der Waals surface area contributed by atoms with E-state index in [1.54, 1.807) is 12.1 Å². The number of ether oxygens (including phenoxy) is 2. The van der Waals surface area contributed by atoms with Crippen molar-refractivity contribution in [3.63, 3.8) is 0 Å². The molecule has 0 aromatic heterocycles. The second-order valence-corrected chi connectivity index (χ2v) is 5.63. The van der Waals surface area contributed by atoms with Crippen molar-refractivity contribution in [3.05, 3.63) is 17.2 Å². The van der Waals surface area contributed by atoms with Crippen LogP contribution in [-0.2, 0) is 4.79 Å². The zero-order valence-corrected chi connectivity index (χ0v) is 11.7. The fourth-order valence-electron chi connectivity index (χ4n) is 1.66. The Balaban J connectivity index is 2.01. The van der Waals surface area contributed by atoms with Crippen LogP contribution in [0.25, 0.3) is 0 Å². The number of carbonyl (C=O) groups excluding carboxylic acids is 1. The van der Waals surface area contributed by atoms with Crippen LogP contribution in [0.3, 0.4) is 0 Å². The number of halogens is 1. The van der Waals surface area contributed by atoms with E-state index in [0.717, 1.165) is 0 Å². The summed E-state index contributed by atoms with van der Waals surface area (Å²) in [4.78, 5) is 11.8. The van der Waals surface area contributed by atoms with Crippen LogP contribution in [0.4, 0.5) is 5.69 Å². The van der Waals surface area contributed by atoms with E-state index in [1.165, 1.54) is 0 Å². The normalized spacial score (nSPS) is 13.5.